The Labute approximate surface area is 208 Å². The molecular weight excluding hydrogens is 464 g/mol. The lowest BCUT2D eigenvalue weighted by Gasteiger charge is -2.27. The summed E-state index contributed by atoms with van der Waals surface area (Å²) in [5.41, 5.74) is 3.09. The molecule has 0 bridgehead atoms. The summed E-state index contributed by atoms with van der Waals surface area (Å²) in [6.45, 7) is 4.00. The van der Waals surface area contributed by atoms with Crippen molar-refractivity contribution in [3.63, 3.8) is 0 Å². The van der Waals surface area contributed by atoms with Gasteiger partial charge in [-0.25, -0.2) is 0 Å². The molecule has 0 saturated carbocycles. The van der Waals surface area contributed by atoms with Crippen LogP contribution in [0.3, 0.4) is 0 Å². The fraction of sp³-hybridized carbons (Fsp3) is 0.259. The first-order valence-corrected chi connectivity index (χ1v) is 12.1. The predicted molar refractivity (Wildman–Crippen MR) is 138 cm³/mol. The summed E-state index contributed by atoms with van der Waals surface area (Å²) < 4.78 is 16.1. The largest absolute Gasteiger partial charge is 0.497 e. The third-order valence-electron chi connectivity index (χ3n) is 5.78. The van der Waals surface area contributed by atoms with E-state index in [1.165, 1.54) is 17.4 Å². The van der Waals surface area contributed by atoms with E-state index in [9.17, 15) is 9.59 Å². The van der Waals surface area contributed by atoms with Crippen molar-refractivity contribution < 1.29 is 23.8 Å². The Hall–Kier alpha value is -3.62. The van der Waals surface area contributed by atoms with Crippen molar-refractivity contribution in [3.05, 3.63) is 71.3 Å². The van der Waals surface area contributed by atoms with Crippen molar-refractivity contribution in [1.29, 1.82) is 0 Å². The summed E-state index contributed by atoms with van der Waals surface area (Å²) in [6.07, 6.45) is 3.09. The van der Waals surface area contributed by atoms with Gasteiger partial charge in [-0.1, -0.05) is 30.3 Å². The van der Waals surface area contributed by atoms with Gasteiger partial charge in [0.05, 0.1) is 33.0 Å². The molecule has 2 heterocycles. The number of hydrogen-bond acceptors (Lipinski definition) is 6. The maximum Gasteiger partial charge on any atom is 0.257 e. The number of anilines is 1. The summed E-state index contributed by atoms with van der Waals surface area (Å²) in [5, 5.41) is 3.47. The van der Waals surface area contributed by atoms with Gasteiger partial charge in [-0.3, -0.25) is 9.59 Å². The number of benzene rings is 2. The number of carbonyl (C=O) groups excluding carboxylic acids is 2. The van der Waals surface area contributed by atoms with Crippen molar-refractivity contribution in [2.75, 3.05) is 45.8 Å². The monoisotopic (exact) mass is 492 g/mol. The molecular formula is C27H28N2O5S. The van der Waals surface area contributed by atoms with Crippen LogP contribution in [0.5, 0.6) is 11.5 Å². The molecule has 7 nitrogen and oxygen atoms in total. The number of morpholine rings is 1. The van der Waals surface area contributed by atoms with E-state index < -0.39 is 0 Å². The minimum absolute atomic E-state index is 0.0991. The predicted octanol–water partition coefficient (Wildman–Crippen LogP) is 4.87. The Morgan fingerprint density at radius 3 is 2.49 bits per heavy atom. The van der Waals surface area contributed by atoms with Crippen LogP contribution >= 0.6 is 11.3 Å². The van der Waals surface area contributed by atoms with Gasteiger partial charge in [0.15, 0.2) is 0 Å². The highest BCUT2D eigenvalue weighted by Crippen LogP contribution is 2.40. The molecule has 1 saturated heterocycles. The number of amides is 2. The van der Waals surface area contributed by atoms with Crippen molar-refractivity contribution in [2.45, 2.75) is 6.92 Å². The van der Waals surface area contributed by atoms with Gasteiger partial charge in [0, 0.05) is 29.6 Å². The number of nitrogens with one attached hydrogen (secondary N) is 1. The van der Waals surface area contributed by atoms with Gasteiger partial charge in [-0.05, 0) is 42.3 Å². The molecule has 0 unspecified atom stereocenters. The Bertz CT molecular complexity index is 1230. The molecule has 1 aromatic heterocycles. The molecule has 1 fully saturated rings. The number of thiophene rings is 1. The van der Waals surface area contributed by atoms with Crippen LogP contribution in [0.1, 0.15) is 21.5 Å². The zero-order valence-electron chi connectivity index (χ0n) is 20.0. The van der Waals surface area contributed by atoms with E-state index in [1.807, 2.05) is 37.3 Å². The standard InChI is InChI=1S/C27H28N2O5S/c1-18-24(27(31)29-13-15-34-16-14-29)26(35-25(18)19-7-5-4-6-8-19)28-23(30)12-9-20-17-21(32-2)10-11-22(20)33-3/h4-12,17H,13-16H2,1-3H3,(H,28,30)/b12-9+. The van der Waals surface area contributed by atoms with Crippen LogP contribution < -0.4 is 14.8 Å². The molecule has 0 atom stereocenters. The third kappa shape index (κ3) is 5.55. The van der Waals surface area contributed by atoms with Gasteiger partial charge in [0.1, 0.15) is 16.5 Å². The summed E-state index contributed by atoms with van der Waals surface area (Å²) in [4.78, 5) is 29.2. The molecule has 1 aliphatic rings. The van der Waals surface area contributed by atoms with Gasteiger partial charge >= 0.3 is 0 Å². The lowest BCUT2D eigenvalue weighted by molar-refractivity contribution is -0.111. The maximum atomic E-state index is 13.5. The number of rotatable bonds is 7. The van der Waals surface area contributed by atoms with Crippen LogP contribution in [0.4, 0.5) is 5.00 Å². The molecule has 35 heavy (non-hydrogen) atoms. The lowest BCUT2D eigenvalue weighted by Crippen LogP contribution is -2.41. The van der Waals surface area contributed by atoms with Crippen molar-refractivity contribution in [2.24, 2.45) is 0 Å². The summed E-state index contributed by atoms with van der Waals surface area (Å²) in [5.74, 6) is 0.840. The summed E-state index contributed by atoms with van der Waals surface area (Å²) in [7, 11) is 3.15. The van der Waals surface area contributed by atoms with Crippen molar-refractivity contribution in [3.8, 4) is 21.9 Å². The van der Waals surface area contributed by atoms with E-state index in [2.05, 4.69) is 5.32 Å². The topological polar surface area (TPSA) is 77.1 Å². The number of nitrogens with zero attached hydrogens (tertiary/aromatic N) is 1. The smallest absolute Gasteiger partial charge is 0.257 e. The molecule has 2 aromatic carbocycles. The summed E-state index contributed by atoms with van der Waals surface area (Å²) in [6, 6.07) is 15.2. The molecule has 8 heteroatoms. The molecule has 3 aromatic rings. The average molecular weight is 493 g/mol. The van der Waals surface area contributed by atoms with Crippen molar-refractivity contribution >= 4 is 34.2 Å². The zero-order chi connectivity index (χ0) is 24.8. The highest BCUT2D eigenvalue weighted by Gasteiger charge is 2.27. The van der Waals surface area contributed by atoms with Gasteiger partial charge in [0.2, 0.25) is 5.91 Å². The highest BCUT2D eigenvalue weighted by atomic mass is 32.1. The van der Waals surface area contributed by atoms with E-state index in [0.717, 1.165) is 16.0 Å². The minimum Gasteiger partial charge on any atom is -0.497 e. The fourth-order valence-electron chi connectivity index (χ4n) is 3.94. The average Bonchev–Trinajstić information content (AvgIpc) is 3.23. The SMILES string of the molecule is COc1ccc(OC)c(/C=C/C(=O)Nc2sc(-c3ccccc3)c(C)c2C(=O)N2CCOCC2)c1. The Morgan fingerprint density at radius 2 is 1.80 bits per heavy atom. The lowest BCUT2D eigenvalue weighted by atomic mass is 10.1. The van der Waals surface area contributed by atoms with E-state index in [0.29, 0.717) is 53.9 Å². The number of methoxy groups -OCH3 is 2. The Kier molecular flexibility index (Phi) is 7.84. The van der Waals surface area contributed by atoms with Gasteiger partial charge in [0.25, 0.3) is 5.91 Å². The minimum atomic E-state index is -0.341. The van der Waals surface area contributed by atoms with Crippen LogP contribution in [-0.4, -0.2) is 57.2 Å². The molecule has 0 spiro atoms. The molecule has 182 valence electrons. The first-order valence-electron chi connectivity index (χ1n) is 11.3. The molecule has 4 rings (SSSR count). The maximum absolute atomic E-state index is 13.5. The van der Waals surface area contributed by atoms with E-state index in [1.54, 1.807) is 43.4 Å². The summed E-state index contributed by atoms with van der Waals surface area (Å²) >= 11 is 1.41. The van der Waals surface area contributed by atoms with Gasteiger partial charge < -0.3 is 24.4 Å². The molecule has 0 radical (unpaired) electrons. The highest BCUT2D eigenvalue weighted by molar-refractivity contribution is 7.20. The zero-order valence-corrected chi connectivity index (χ0v) is 20.8. The van der Waals surface area contributed by atoms with Crippen molar-refractivity contribution in [1.82, 2.24) is 4.90 Å². The molecule has 0 aliphatic carbocycles. The van der Waals surface area contributed by atoms with E-state index in [-0.39, 0.29) is 11.8 Å². The van der Waals surface area contributed by atoms with Gasteiger partial charge in [-0.2, -0.15) is 0 Å². The first kappa shape index (κ1) is 24.5. The quantitative estimate of drug-likeness (QED) is 0.477. The second kappa shape index (κ2) is 11.2. The Morgan fingerprint density at radius 1 is 1.06 bits per heavy atom. The fourth-order valence-corrected chi connectivity index (χ4v) is 5.14. The van der Waals surface area contributed by atoms with Crippen LogP contribution in [0.25, 0.3) is 16.5 Å². The third-order valence-corrected chi connectivity index (χ3v) is 7.04. The van der Waals surface area contributed by atoms with E-state index >= 15 is 0 Å². The number of carbonyl (C=O) groups is 2. The van der Waals surface area contributed by atoms with Crippen LogP contribution in [-0.2, 0) is 9.53 Å². The number of hydrogen-bond donors (Lipinski definition) is 1. The van der Waals surface area contributed by atoms with Crippen LogP contribution in [0.15, 0.2) is 54.6 Å². The molecule has 1 N–H and O–H groups in total. The molecule has 1 aliphatic heterocycles. The van der Waals surface area contributed by atoms with E-state index in [4.69, 9.17) is 14.2 Å². The second-order valence-electron chi connectivity index (χ2n) is 7.96. The normalized spacial score (nSPS) is 13.6. The first-order chi connectivity index (χ1) is 17.0. The van der Waals surface area contributed by atoms with Crippen LogP contribution in [0.2, 0.25) is 0 Å². The van der Waals surface area contributed by atoms with Crippen LogP contribution in [0, 0.1) is 6.92 Å². The molecule has 2 amide bonds. The number of ether oxygens (including phenoxy) is 3. The second-order valence-corrected chi connectivity index (χ2v) is 8.98. The Balaban J connectivity index is 1.65. The van der Waals surface area contributed by atoms with Gasteiger partial charge in [-0.15, -0.1) is 11.3 Å².